The molecule has 0 aromatic heterocycles. The van der Waals surface area contributed by atoms with Crippen LogP contribution in [0.15, 0.2) is 18.2 Å². The molecule has 0 radical (unpaired) electrons. The Kier molecular flexibility index (Phi) is 3.13. The fourth-order valence-electron chi connectivity index (χ4n) is 2.33. The molecule has 2 nitrogen and oxygen atoms in total. The van der Waals surface area contributed by atoms with Gasteiger partial charge in [-0.05, 0) is 36.3 Å². The predicted molar refractivity (Wildman–Crippen MR) is 58.5 cm³/mol. The molecule has 0 saturated heterocycles. The van der Waals surface area contributed by atoms with Crippen LogP contribution in [-0.2, 0) is 11.2 Å². The van der Waals surface area contributed by atoms with E-state index in [-0.39, 0.29) is 17.8 Å². The molecule has 1 aromatic rings. The molecular weight excluding hydrogens is 226 g/mol. The summed E-state index contributed by atoms with van der Waals surface area (Å²) in [5.41, 5.74) is 0.327. The Morgan fingerprint density at radius 2 is 2.24 bits per heavy atom. The summed E-state index contributed by atoms with van der Waals surface area (Å²) in [5.74, 6) is -2.60. The lowest BCUT2D eigenvalue weighted by molar-refractivity contribution is -0.139. The molecule has 1 N–H and O–H groups in total. The highest BCUT2D eigenvalue weighted by Gasteiger charge is 2.46. The zero-order chi connectivity index (χ0) is 12.6. The van der Waals surface area contributed by atoms with Crippen LogP contribution in [-0.4, -0.2) is 11.1 Å². The van der Waals surface area contributed by atoms with Crippen molar-refractivity contribution in [1.82, 2.24) is 0 Å². The number of carboxylic acids is 1. The summed E-state index contributed by atoms with van der Waals surface area (Å²) in [4.78, 5) is 10.7. The van der Waals surface area contributed by atoms with E-state index in [4.69, 9.17) is 5.11 Å². The van der Waals surface area contributed by atoms with E-state index in [1.807, 2.05) is 6.92 Å². The monoisotopic (exact) mass is 240 g/mol. The quantitative estimate of drug-likeness (QED) is 0.878. The van der Waals surface area contributed by atoms with E-state index < -0.39 is 17.6 Å². The Morgan fingerprint density at radius 1 is 1.53 bits per heavy atom. The third-order valence-corrected chi connectivity index (χ3v) is 3.46. The van der Waals surface area contributed by atoms with Crippen molar-refractivity contribution >= 4 is 5.97 Å². The van der Waals surface area contributed by atoms with Gasteiger partial charge in [-0.25, -0.2) is 8.78 Å². The van der Waals surface area contributed by atoms with Gasteiger partial charge < -0.3 is 5.11 Å². The van der Waals surface area contributed by atoms with Crippen LogP contribution in [0.4, 0.5) is 8.78 Å². The van der Waals surface area contributed by atoms with E-state index >= 15 is 0 Å². The Hall–Kier alpha value is -1.45. The van der Waals surface area contributed by atoms with E-state index in [0.717, 1.165) is 6.07 Å². The van der Waals surface area contributed by atoms with Crippen molar-refractivity contribution in [3.8, 4) is 0 Å². The molecule has 2 rings (SSSR count). The third kappa shape index (κ3) is 2.46. The van der Waals surface area contributed by atoms with Gasteiger partial charge >= 0.3 is 5.97 Å². The fraction of sp³-hybridized carbons (Fsp3) is 0.462. The molecular formula is C13H14F2O2. The Bertz CT molecular complexity index is 445. The van der Waals surface area contributed by atoms with Crippen molar-refractivity contribution in [1.29, 1.82) is 0 Å². The molecule has 1 saturated carbocycles. The zero-order valence-corrected chi connectivity index (χ0v) is 9.49. The molecule has 3 unspecified atom stereocenters. The second-order valence-electron chi connectivity index (χ2n) is 4.74. The number of carbonyl (C=O) groups is 1. The molecule has 0 bridgehead atoms. The summed E-state index contributed by atoms with van der Waals surface area (Å²) in [6.07, 6.45) is 1.03. The fourth-order valence-corrected chi connectivity index (χ4v) is 2.33. The number of benzene rings is 1. The highest BCUT2D eigenvalue weighted by molar-refractivity contribution is 5.73. The van der Waals surface area contributed by atoms with Crippen molar-refractivity contribution in [3.63, 3.8) is 0 Å². The number of hydrogen-bond donors (Lipinski definition) is 1. The van der Waals surface area contributed by atoms with Crippen LogP contribution in [0.3, 0.4) is 0 Å². The summed E-state index contributed by atoms with van der Waals surface area (Å²) in [6.45, 7) is 1.89. The standard InChI is InChI=1S/C13H14F2O2/c1-7(9-6-10(9)13(16)17)5-8-3-2-4-11(14)12(8)15/h2-4,7,9-10H,5-6H2,1H3,(H,16,17). The van der Waals surface area contributed by atoms with E-state index in [0.29, 0.717) is 18.4 Å². The molecule has 0 amide bonds. The maximum absolute atomic E-state index is 13.4. The van der Waals surface area contributed by atoms with Crippen molar-refractivity contribution in [2.75, 3.05) is 0 Å². The largest absolute Gasteiger partial charge is 0.481 e. The highest BCUT2D eigenvalue weighted by atomic mass is 19.2. The van der Waals surface area contributed by atoms with Crippen molar-refractivity contribution in [2.24, 2.45) is 17.8 Å². The molecule has 0 aliphatic heterocycles. The van der Waals surface area contributed by atoms with Gasteiger partial charge in [0.2, 0.25) is 0 Å². The minimum atomic E-state index is -0.847. The van der Waals surface area contributed by atoms with E-state index in [2.05, 4.69) is 0 Å². The topological polar surface area (TPSA) is 37.3 Å². The second-order valence-corrected chi connectivity index (χ2v) is 4.74. The number of carboxylic acid groups (broad SMARTS) is 1. The summed E-state index contributed by atoms with van der Waals surface area (Å²) in [5, 5.41) is 8.80. The van der Waals surface area contributed by atoms with Crippen molar-refractivity contribution in [3.05, 3.63) is 35.4 Å². The Labute approximate surface area is 98.3 Å². The molecule has 4 heteroatoms. The number of hydrogen-bond acceptors (Lipinski definition) is 1. The SMILES string of the molecule is CC(Cc1cccc(F)c1F)C1CC1C(=O)O. The number of aliphatic carboxylic acids is 1. The zero-order valence-electron chi connectivity index (χ0n) is 9.49. The van der Waals surface area contributed by atoms with Gasteiger partial charge in [0.25, 0.3) is 0 Å². The van der Waals surface area contributed by atoms with Gasteiger partial charge in [-0.1, -0.05) is 19.1 Å². The van der Waals surface area contributed by atoms with Crippen LogP contribution < -0.4 is 0 Å². The summed E-state index contributed by atoms with van der Waals surface area (Å²) in [6, 6.07) is 4.11. The maximum atomic E-state index is 13.4. The first-order valence-electron chi connectivity index (χ1n) is 5.66. The summed E-state index contributed by atoms with van der Waals surface area (Å²) in [7, 11) is 0. The predicted octanol–water partition coefficient (Wildman–Crippen LogP) is 2.86. The molecule has 92 valence electrons. The molecule has 1 fully saturated rings. The van der Waals surface area contributed by atoms with Gasteiger partial charge in [-0.3, -0.25) is 4.79 Å². The lowest BCUT2D eigenvalue weighted by Gasteiger charge is -2.11. The van der Waals surface area contributed by atoms with Gasteiger partial charge in [0.15, 0.2) is 11.6 Å². The Morgan fingerprint density at radius 3 is 2.82 bits per heavy atom. The highest BCUT2D eigenvalue weighted by Crippen LogP contribution is 2.45. The van der Waals surface area contributed by atoms with Gasteiger partial charge in [-0.15, -0.1) is 0 Å². The lowest BCUT2D eigenvalue weighted by atomic mass is 9.95. The average Bonchev–Trinajstić information content (AvgIpc) is 3.04. The normalized spacial score (nSPS) is 24.4. The van der Waals surface area contributed by atoms with E-state index in [9.17, 15) is 13.6 Å². The lowest BCUT2D eigenvalue weighted by Crippen LogP contribution is -2.09. The maximum Gasteiger partial charge on any atom is 0.306 e. The third-order valence-electron chi connectivity index (χ3n) is 3.46. The van der Waals surface area contributed by atoms with Crippen LogP contribution in [0.25, 0.3) is 0 Å². The van der Waals surface area contributed by atoms with Crippen LogP contribution in [0.2, 0.25) is 0 Å². The number of rotatable bonds is 4. The van der Waals surface area contributed by atoms with E-state index in [1.54, 1.807) is 6.07 Å². The number of halogens is 2. The minimum Gasteiger partial charge on any atom is -0.481 e. The first-order valence-corrected chi connectivity index (χ1v) is 5.66. The van der Waals surface area contributed by atoms with Gasteiger partial charge in [0.1, 0.15) is 0 Å². The van der Waals surface area contributed by atoms with Gasteiger partial charge in [-0.2, -0.15) is 0 Å². The minimum absolute atomic E-state index is 0.0624. The Balaban J connectivity index is 2.02. The molecule has 17 heavy (non-hydrogen) atoms. The van der Waals surface area contributed by atoms with Crippen LogP contribution >= 0.6 is 0 Å². The molecule has 1 aromatic carbocycles. The molecule has 0 spiro atoms. The van der Waals surface area contributed by atoms with Crippen LogP contribution in [0.5, 0.6) is 0 Å². The van der Waals surface area contributed by atoms with Gasteiger partial charge in [0.05, 0.1) is 5.92 Å². The van der Waals surface area contributed by atoms with Crippen LogP contribution in [0, 0.1) is 29.4 Å². The second kappa shape index (κ2) is 4.43. The van der Waals surface area contributed by atoms with E-state index in [1.165, 1.54) is 6.07 Å². The molecule has 1 aliphatic rings. The smallest absolute Gasteiger partial charge is 0.306 e. The van der Waals surface area contributed by atoms with Gasteiger partial charge in [0, 0.05) is 0 Å². The van der Waals surface area contributed by atoms with Crippen molar-refractivity contribution in [2.45, 2.75) is 19.8 Å². The molecule has 0 heterocycles. The summed E-state index contributed by atoms with van der Waals surface area (Å²) < 4.78 is 26.4. The average molecular weight is 240 g/mol. The van der Waals surface area contributed by atoms with Crippen molar-refractivity contribution < 1.29 is 18.7 Å². The molecule has 1 aliphatic carbocycles. The first-order chi connectivity index (χ1) is 8.00. The first kappa shape index (κ1) is 12.0. The van der Waals surface area contributed by atoms with Crippen LogP contribution in [0.1, 0.15) is 18.9 Å². The summed E-state index contributed by atoms with van der Waals surface area (Å²) >= 11 is 0. The molecule has 3 atom stereocenters.